The monoisotopic (exact) mass is 526 g/mol. The Kier molecular flexibility index (Phi) is 8.21. The highest BCUT2D eigenvalue weighted by Gasteiger charge is 2.40. The molecule has 0 aromatic heterocycles. The van der Waals surface area contributed by atoms with Crippen LogP contribution in [-0.4, -0.2) is 35.8 Å². The molecule has 0 saturated heterocycles. The van der Waals surface area contributed by atoms with Gasteiger partial charge >= 0.3 is 0 Å². The van der Waals surface area contributed by atoms with Crippen molar-refractivity contribution in [3.05, 3.63) is 89.5 Å². The van der Waals surface area contributed by atoms with Crippen molar-refractivity contribution in [2.24, 2.45) is 11.7 Å². The average molecular weight is 527 g/mol. The van der Waals surface area contributed by atoms with E-state index in [4.69, 9.17) is 5.73 Å². The van der Waals surface area contributed by atoms with Gasteiger partial charge in [-0.25, -0.2) is 0 Å². The van der Waals surface area contributed by atoms with Crippen LogP contribution in [0.15, 0.2) is 72.8 Å². The van der Waals surface area contributed by atoms with Crippen LogP contribution in [0, 0.1) is 5.92 Å². The van der Waals surface area contributed by atoms with Crippen LogP contribution in [0.25, 0.3) is 11.1 Å². The van der Waals surface area contributed by atoms with E-state index in [0.717, 1.165) is 27.9 Å². The SMILES string of the molecule is CCNC(=O)c1ccccc1-c1ccc(CN2C(=O)C(NC(=O)C(C)(C)N)C(C)C(C)c3ccccc32)cc1. The van der Waals surface area contributed by atoms with E-state index in [1.165, 1.54) is 0 Å². The lowest BCUT2D eigenvalue weighted by molar-refractivity contribution is -0.131. The van der Waals surface area contributed by atoms with Gasteiger partial charge in [0.2, 0.25) is 11.8 Å². The van der Waals surface area contributed by atoms with E-state index in [9.17, 15) is 14.4 Å². The Labute approximate surface area is 230 Å². The summed E-state index contributed by atoms with van der Waals surface area (Å²) in [7, 11) is 0. The van der Waals surface area contributed by atoms with Crippen LogP contribution in [-0.2, 0) is 16.1 Å². The largest absolute Gasteiger partial charge is 0.352 e. The standard InChI is InChI=1S/C32H38N4O3/c1-6-34-29(37)26-13-8-7-12-25(26)23-17-15-22(16-18-23)19-36-27-14-10-9-11-24(27)20(2)21(3)28(30(36)38)35-31(39)32(4,5)33/h7-18,20-21,28H,6,19,33H2,1-5H3,(H,34,37)(H,35,39). The molecule has 3 aromatic carbocycles. The number of benzene rings is 3. The number of anilines is 1. The number of rotatable bonds is 7. The lowest BCUT2D eigenvalue weighted by Gasteiger charge is -2.31. The topological polar surface area (TPSA) is 105 Å². The zero-order valence-corrected chi connectivity index (χ0v) is 23.3. The van der Waals surface area contributed by atoms with Gasteiger partial charge in [-0.2, -0.15) is 0 Å². The van der Waals surface area contributed by atoms with Crippen molar-refractivity contribution in [3.63, 3.8) is 0 Å². The minimum Gasteiger partial charge on any atom is -0.352 e. The Balaban J connectivity index is 1.67. The van der Waals surface area contributed by atoms with E-state index >= 15 is 0 Å². The van der Waals surface area contributed by atoms with Crippen LogP contribution >= 0.6 is 0 Å². The van der Waals surface area contributed by atoms with Crippen LogP contribution in [0.1, 0.15) is 62.0 Å². The van der Waals surface area contributed by atoms with Crippen LogP contribution < -0.4 is 21.3 Å². The first-order valence-electron chi connectivity index (χ1n) is 13.5. The first kappa shape index (κ1) is 28.0. The Bertz CT molecular complexity index is 1360. The van der Waals surface area contributed by atoms with E-state index in [1.807, 2.05) is 80.6 Å². The molecule has 204 valence electrons. The Hall–Kier alpha value is -3.97. The average Bonchev–Trinajstić information content (AvgIpc) is 2.99. The van der Waals surface area contributed by atoms with Crippen LogP contribution in [0.2, 0.25) is 0 Å². The molecule has 1 aliphatic heterocycles. The fourth-order valence-electron chi connectivity index (χ4n) is 5.05. The molecule has 4 N–H and O–H groups in total. The molecule has 3 atom stereocenters. The summed E-state index contributed by atoms with van der Waals surface area (Å²) in [6, 6.07) is 22.6. The third-order valence-corrected chi connectivity index (χ3v) is 7.55. The smallest absolute Gasteiger partial charge is 0.251 e. The molecule has 3 amide bonds. The summed E-state index contributed by atoms with van der Waals surface area (Å²) in [6.07, 6.45) is 0. The molecule has 1 aliphatic rings. The zero-order chi connectivity index (χ0) is 28.3. The summed E-state index contributed by atoms with van der Waals surface area (Å²) in [4.78, 5) is 41.2. The summed E-state index contributed by atoms with van der Waals surface area (Å²) in [5.41, 5.74) is 10.2. The summed E-state index contributed by atoms with van der Waals surface area (Å²) in [6.45, 7) is 10.1. The second-order valence-corrected chi connectivity index (χ2v) is 10.9. The maximum absolute atomic E-state index is 14.0. The summed E-state index contributed by atoms with van der Waals surface area (Å²) < 4.78 is 0. The highest BCUT2D eigenvalue weighted by Crippen LogP contribution is 2.39. The van der Waals surface area contributed by atoms with Crippen molar-refractivity contribution < 1.29 is 14.4 Å². The Morgan fingerprint density at radius 3 is 2.26 bits per heavy atom. The summed E-state index contributed by atoms with van der Waals surface area (Å²) in [5.74, 6) is -0.734. The first-order valence-corrected chi connectivity index (χ1v) is 13.5. The molecule has 0 saturated carbocycles. The number of nitrogens with zero attached hydrogens (tertiary/aromatic N) is 1. The van der Waals surface area contributed by atoms with Crippen molar-refractivity contribution in [1.82, 2.24) is 10.6 Å². The van der Waals surface area contributed by atoms with Crippen molar-refractivity contribution >= 4 is 23.4 Å². The van der Waals surface area contributed by atoms with Crippen LogP contribution in [0.5, 0.6) is 0 Å². The number of hydrogen-bond donors (Lipinski definition) is 3. The molecule has 3 aromatic rings. The highest BCUT2D eigenvalue weighted by molar-refractivity contribution is 6.02. The third-order valence-electron chi connectivity index (χ3n) is 7.55. The third kappa shape index (κ3) is 5.88. The van der Waals surface area contributed by atoms with Crippen molar-refractivity contribution in [2.45, 2.75) is 58.7 Å². The molecular weight excluding hydrogens is 488 g/mol. The second kappa shape index (κ2) is 11.4. The number of carbonyl (C=O) groups is 3. The molecular formula is C32H38N4O3. The molecule has 7 heteroatoms. The first-order chi connectivity index (χ1) is 18.5. The van der Waals surface area contributed by atoms with Gasteiger partial charge in [0.25, 0.3) is 5.91 Å². The van der Waals surface area contributed by atoms with Gasteiger partial charge in [0.15, 0.2) is 0 Å². The van der Waals surface area contributed by atoms with Gasteiger partial charge < -0.3 is 21.3 Å². The van der Waals surface area contributed by atoms with Gasteiger partial charge in [0, 0.05) is 17.8 Å². The lowest BCUT2D eigenvalue weighted by Crippen LogP contribution is -2.58. The van der Waals surface area contributed by atoms with Crippen LogP contribution in [0.3, 0.4) is 0 Å². The van der Waals surface area contributed by atoms with Crippen molar-refractivity contribution in [3.8, 4) is 11.1 Å². The Morgan fingerprint density at radius 1 is 0.949 bits per heavy atom. The fourth-order valence-corrected chi connectivity index (χ4v) is 5.05. The normalized spacial score (nSPS) is 19.2. The molecule has 0 spiro atoms. The maximum Gasteiger partial charge on any atom is 0.251 e. The summed E-state index contributed by atoms with van der Waals surface area (Å²) in [5, 5.41) is 5.81. The van der Waals surface area contributed by atoms with Crippen molar-refractivity contribution in [1.29, 1.82) is 0 Å². The molecule has 3 unspecified atom stereocenters. The van der Waals surface area contributed by atoms with Gasteiger partial charge in [-0.05, 0) is 67.0 Å². The predicted octanol–water partition coefficient (Wildman–Crippen LogP) is 4.61. The molecule has 39 heavy (non-hydrogen) atoms. The lowest BCUT2D eigenvalue weighted by atomic mass is 9.84. The molecule has 1 heterocycles. The second-order valence-electron chi connectivity index (χ2n) is 10.9. The fraction of sp³-hybridized carbons (Fsp3) is 0.344. The molecule has 0 radical (unpaired) electrons. The number of para-hydroxylation sites is 1. The van der Waals surface area contributed by atoms with E-state index in [0.29, 0.717) is 18.7 Å². The molecule has 0 fully saturated rings. The maximum atomic E-state index is 14.0. The van der Waals surface area contributed by atoms with Crippen molar-refractivity contribution in [2.75, 3.05) is 11.4 Å². The number of nitrogens with two attached hydrogens (primary N) is 1. The van der Waals surface area contributed by atoms with Gasteiger partial charge in [0.1, 0.15) is 6.04 Å². The molecule has 4 rings (SSSR count). The number of carbonyl (C=O) groups excluding carboxylic acids is 3. The quantitative estimate of drug-likeness (QED) is 0.418. The van der Waals surface area contributed by atoms with Gasteiger partial charge in [-0.3, -0.25) is 14.4 Å². The number of amides is 3. The highest BCUT2D eigenvalue weighted by atomic mass is 16.2. The molecule has 0 bridgehead atoms. The van der Waals surface area contributed by atoms with E-state index in [1.54, 1.807) is 18.7 Å². The van der Waals surface area contributed by atoms with Gasteiger partial charge in [0.05, 0.1) is 12.1 Å². The molecule has 7 nitrogen and oxygen atoms in total. The number of hydrogen-bond acceptors (Lipinski definition) is 4. The Morgan fingerprint density at radius 2 is 1.59 bits per heavy atom. The van der Waals surface area contributed by atoms with Gasteiger partial charge in [-0.1, -0.05) is 74.5 Å². The number of nitrogens with one attached hydrogen (secondary N) is 2. The molecule has 0 aliphatic carbocycles. The number of fused-ring (bicyclic) bond motifs is 1. The minimum absolute atomic E-state index is 0.0366. The summed E-state index contributed by atoms with van der Waals surface area (Å²) >= 11 is 0. The van der Waals surface area contributed by atoms with Crippen LogP contribution in [0.4, 0.5) is 5.69 Å². The zero-order valence-electron chi connectivity index (χ0n) is 23.3. The van der Waals surface area contributed by atoms with E-state index in [-0.39, 0.29) is 29.6 Å². The van der Waals surface area contributed by atoms with Gasteiger partial charge in [-0.15, -0.1) is 0 Å². The minimum atomic E-state index is -1.10. The predicted molar refractivity (Wildman–Crippen MR) is 155 cm³/mol. The van der Waals surface area contributed by atoms with E-state index < -0.39 is 11.6 Å². The van der Waals surface area contributed by atoms with E-state index in [2.05, 4.69) is 23.6 Å².